The second-order valence-corrected chi connectivity index (χ2v) is 17.2. The molecule has 0 bridgehead atoms. The summed E-state index contributed by atoms with van der Waals surface area (Å²) in [6, 6.07) is 0. The quantitative estimate of drug-likeness (QED) is 0.0582. The van der Waals surface area contributed by atoms with Gasteiger partial charge >= 0.3 is 5.69 Å². The van der Waals surface area contributed by atoms with Crippen molar-refractivity contribution in [1.29, 1.82) is 0 Å². The summed E-state index contributed by atoms with van der Waals surface area (Å²) in [6.45, 7) is -2.44. The topological polar surface area (TPSA) is 465 Å². The molecule has 2 aliphatic rings. The highest BCUT2D eigenvalue weighted by Crippen LogP contribution is 2.66. The van der Waals surface area contributed by atoms with Gasteiger partial charge in [-0.15, -0.1) is 0 Å². The van der Waals surface area contributed by atoms with E-state index in [1.807, 2.05) is 0 Å². The number of aromatic amines is 2. The van der Waals surface area contributed by atoms with Crippen molar-refractivity contribution in [2.75, 3.05) is 24.7 Å². The standard InChI is InChI=1S/C20H28N10O20P4/c21-14-10-15(24-4-23-14)29(5-25-10)18-13(33)12(32)8(47-18)3-45-52(38,39)49-54(42,43)50-53(40,41)48-51(36,37)44-2-7-6(31)1-9(46-7)30-16-11(26-20(30)35)17(34)28-19(22)27-16/h4-9,12-13,18,31-33H,1-3H2,(H,26,35)(H,36,37)(H,38,39)(H,40,41)(H,42,43)(H2,21,23,24)(H3,22,27,28,34)/p-4/t6-,7?,8-,9?,12+,13+,18-/m1/s1. The number of rotatable bonds is 14. The van der Waals surface area contributed by atoms with Crippen molar-refractivity contribution in [3.05, 3.63) is 33.5 Å². The van der Waals surface area contributed by atoms with Gasteiger partial charge in [0, 0.05) is 6.42 Å². The average Bonchev–Trinajstić information content (AvgIpc) is 3.78. The highest BCUT2D eigenvalue weighted by Gasteiger charge is 2.45. The molecule has 0 saturated carbocycles. The fraction of sp³-hybridized carbons (Fsp3) is 0.500. The van der Waals surface area contributed by atoms with Crippen molar-refractivity contribution in [2.45, 2.75) is 49.4 Å². The molecule has 54 heavy (non-hydrogen) atoms. The third-order valence-corrected chi connectivity index (χ3v) is 13.2. The minimum Gasteiger partial charge on any atom is -0.756 e. The van der Waals surface area contributed by atoms with Crippen LogP contribution in [0.25, 0.3) is 22.3 Å². The maximum absolute atomic E-state index is 12.4. The molecule has 2 saturated heterocycles. The molecule has 4 aromatic rings. The van der Waals surface area contributed by atoms with Crippen LogP contribution in [0.1, 0.15) is 18.9 Å². The Hall–Kier alpha value is -3.34. The number of nitrogen functional groups attached to an aromatic ring is 2. The number of phosphoric ester groups is 2. The van der Waals surface area contributed by atoms with Gasteiger partial charge < -0.3 is 64.9 Å². The number of nitrogens with zero attached hydrogens (tertiary/aromatic N) is 6. The lowest BCUT2D eigenvalue weighted by atomic mass is 10.1. The number of phosphoric acid groups is 4. The molecule has 34 heteroatoms. The molecule has 6 heterocycles. The molecule has 4 aromatic heterocycles. The Morgan fingerprint density at radius 2 is 1.44 bits per heavy atom. The number of nitrogens with one attached hydrogen (secondary N) is 2. The van der Waals surface area contributed by atoms with E-state index in [2.05, 4.69) is 51.9 Å². The van der Waals surface area contributed by atoms with Gasteiger partial charge in [-0.25, -0.2) is 37.2 Å². The Kier molecular flexibility index (Phi) is 10.9. The molecule has 0 amide bonds. The first kappa shape index (κ1) is 40.3. The average molecular weight is 848 g/mol. The Morgan fingerprint density at radius 1 is 0.833 bits per heavy atom. The third kappa shape index (κ3) is 8.56. The van der Waals surface area contributed by atoms with Crippen molar-refractivity contribution in [3.63, 3.8) is 0 Å². The van der Waals surface area contributed by atoms with Gasteiger partial charge in [0.25, 0.3) is 36.9 Å². The number of fused-ring (bicyclic) bond motifs is 2. The van der Waals surface area contributed by atoms with Crippen LogP contribution in [0.5, 0.6) is 0 Å². The molecule has 0 aliphatic carbocycles. The molecule has 0 spiro atoms. The number of H-pyrrole nitrogens is 2. The molecule has 11 atom stereocenters. The molecule has 2 aliphatic heterocycles. The van der Waals surface area contributed by atoms with Crippen molar-refractivity contribution in [2.24, 2.45) is 0 Å². The van der Waals surface area contributed by atoms with Gasteiger partial charge in [-0.05, 0) is 0 Å². The number of hydrogen-bond acceptors (Lipinski definition) is 26. The molecule has 0 aromatic carbocycles. The van der Waals surface area contributed by atoms with Crippen molar-refractivity contribution < 1.29 is 84.6 Å². The predicted octanol–water partition coefficient (Wildman–Crippen LogP) is -5.36. The number of aromatic nitrogens is 8. The molecule has 0 radical (unpaired) electrons. The summed E-state index contributed by atoms with van der Waals surface area (Å²) in [5.41, 5.74) is 8.96. The summed E-state index contributed by atoms with van der Waals surface area (Å²) in [7, 11) is -25.5. The normalized spacial score (nSPS) is 29.2. The maximum Gasteiger partial charge on any atom is 0.329 e. The van der Waals surface area contributed by atoms with E-state index in [1.54, 1.807) is 0 Å². The monoisotopic (exact) mass is 848 g/mol. The van der Waals surface area contributed by atoms with Crippen molar-refractivity contribution in [1.82, 2.24) is 39.0 Å². The van der Waals surface area contributed by atoms with Gasteiger partial charge in [0.15, 0.2) is 28.9 Å². The van der Waals surface area contributed by atoms with E-state index in [0.717, 1.165) is 21.8 Å². The Labute approximate surface area is 296 Å². The van der Waals surface area contributed by atoms with Crippen LogP contribution in [0.2, 0.25) is 0 Å². The lowest BCUT2D eigenvalue weighted by Gasteiger charge is -2.36. The van der Waals surface area contributed by atoms with Crippen molar-refractivity contribution >= 4 is 65.4 Å². The molecule has 6 rings (SSSR count). The minimum atomic E-state index is -6.61. The predicted molar refractivity (Wildman–Crippen MR) is 161 cm³/mol. The lowest BCUT2D eigenvalue weighted by Crippen LogP contribution is -2.34. The summed E-state index contributed by atoms with van der Waals surface area (Å²) in [6.07, 6.45) is -9.64. The van der Waals surface area contributed by atoms with E-state index in [1.165, 1.54) is 0 Å². The minimum absolute atomic E-state index is 0.0421. The number of aliphatic hydroxyl groups is 3. The van der Waals surface area contributed by atoms with Gasteiger partial charge in [-0.3, -0.25) is 37.6 Å². The zero-order valence-electron chi connectivity index (χ0n) is 26.2. The SMILES string of the molecule is Nc1nc2c([nH]c(=O)n2C2C[C@@H](O)C(COP(=O)([O-])OP(=O)([O-])OP(=O)([O-])OP(=O)([O-])OC[C@H]3O[C@@H](n4cnc5c(N)ncnc54)[C@@H](O)[C@H]3O)O2)c(=O)[nH]1. The highest BCUT2D eigenvalue weighted by atomic mass is 31.3. The zero-order chi connectivity index (χ0) is 39.5. The first-order valence-corrected chi connectivity index (χ1v) is 20.3. The van der Waals surface area contributed by atoms with E-state index < -0.39 is 105 Å². The van der Waals surface area contributed by atoms with E-state index >= 15 is 0 Å². The first-order chi connectivity index (χ1) is 25.1. The molecule has 298 valence electrons. The maximum atomic E-state index is 12.4. The summed E-state index contributed by atoms with van der Waals surface area (Å²) in [4.78, 5) is 93.0. The van der Waals surface area contributed by atoms with Gasteiger partial charge in [0.2, 0.25) is 5.95 Å². The van der Waals surface area contributed by atoms with Gasteiger partial charge in [-0.2, -0.15) is 4.98 Å². The fourth-order valence-electron chi connectivity index (χ4n) is 5.25. The number of aliphatic hydroxyl groups excluding tert-OH is 3. The number of nitrogens with two attached hydrogens (primary N) is 2. The van der Waals surface area contributed by atoms with Gasteiger partial charge in [-0.1, -0.05) is 0 Å². The number of hydrogen-bond donors (Lipinski definition) is 7. The summed E-state index contributed by atoms with van der Waals surface area (Å²) >= 11 is 0. The molecule has 9 N–H and O–H groups in total. The molecular weight excluding hydrogens is 824 g/mol. The van der Waals surface area contributed by atoms with Gasteiger partial charge in [0.05, 0.1) is 25.6 Å². The van der Waals surface area contributed by atoms with Crippen molar-refractivity contribution in [3.8, 4) is 0 Å². The summed E-state index contributed by atoms with van der Waals surface area (Å²) in [5, 5.41) is 31.2. The van der Waals surface area contributed by atoms with Gasteiger partial charge in [0.1, 0.15) is 42.5 Å². The van der Waals surface area contributed by atoms with Crippen LogP contribution in [-0.2, 0) is 49.7 Å². The highest BCUT2D eigenvalue weighted by molar-refractivity contribution is 7.68. The number of ether oxygens (including phenoxy) is 2. The van der Waals surface area contributed by atoms with Crippen LogP contribution in [-0.4, -0.2) is 98.1 Å². The summed E-state index contributed by atoms with van der Waals surface area (Å²) < 4.78 is 80.8. The van der Waals surface area contributed by atoms with Crippen LogP contribution < -0.4 is 42.3 Å². The molecular formula is C20H24N10O20P4-4. The Bertz CT molecular complexity index is 2380. The zero-order valence-corrected chi connectivity index (χ0v) is 29.8. The third-order valence-electron chi connectivity index (χ3n) is 7.48. The number of anilines is 2. The Balaban J connectivity index is 1.02. The molecule has 30 nitrogen and oxygen atoms in total. The van der Waals surface area contributed by atoms with E-state index in [9.17, 15) is 62.7 Å². The molecule has 6 unspecified atom stereocenters. The lowest BCUT2D eigenvalue weighted by molar-refractivity contribution is -0.255. The second kappa shape index (κ2) is 14.6. The fourth-order valence-corrected chi connectivity index (χ4v) is 10.00. The first-order valence-electron chi connectivity index (χ1n) is 14.5. The van der Waals surface area contributed by atoms with Crippen LogP contribution in [0, 0.1) is 0 Å². The largest absolute Gasteiger partial charge is 0.756 e. The number of imidazole rings is 2. The van der Waals surface area contributed by atoms with E-state index in [0.29, 0.717) is 0 Å². The molecule has 2 fully saturated rings. The Morgan fingerprint density at radius 3 is 2.09 bits per heavy atom. The van der Waals surface area contributed by atoms with Crippen LogP contribution in [0.4, 0.5) is 11.8 Å². The van der Waals surface area contributed by atoms with Crippen LogP contribution in [0.15, 0.2) is 22.2 Å². The second-order valence-electron chi connectivity index (χ2n) is 11.1. The van der Waals surface area contributed by atoms with Crippen LogP contribution in [0.3, 0.4) is 0 Å². The van der Waals surface area contributed by atoms with Crippen LogP contribution >= 0.6 is 31.3 Å². The smallest absolute Gasteiger partial charge is 0.329 e. The summed E-state index contributed by atoms with van der Waals surface area (Å²) in [5.74, 6) is -0.428. The van der Waals surface area contributed by atoms with E-state index in [4.69, 9.17) is 20.9 Å². The van der Waals surface area contributed by atoms with E-state index in [-0.39, 0.29) is 34.1 Å².